The van der Waals surface area contributed by atoms with Gasteiger partial charge in [-0.3, -0.25) is 0 Å². The van der Waals surface area contributed by atoms with Crippen molar-refractivity contribution in [3.05, 3.63) is 227 Å². The molecule has 0 saturated carbocycles. The molecule has 0 aliphatic rings. The average Bonchev–Trinajstić information content (AvgIpc) is 1.65. The van der Waals surface area contributed by atoms with E-state index in [0.29, 0.717) is 171 Å². The molecule has 774 valence electrons. The minimum atomic E-state index is -0.164. The van der Waals surface area contributed by atoms with Crippen molar-refractivity contribution in [2.45, 2.75) is 139 Å². The monoisotopic (exact) mass is 2060 g/mol. The summed E-state index contributed by atoms with van der Waals surface area (Å²) >= 11 is 18.3. The third-order valence-corrected chi connectivity index (χ3v) is 23.2. The number of nitrogens with zero attached hydrogens (tertiary/aromatic N) is 24. The van der Waals surface area contributed by atoms with E-state index >= 15 is 0 Å². The van der Waals surface area contributed by atoms with Gasteiger partial charge in [0.2, 0.25) is 35.7 Å². The molecule has 0 radical (unpaired) electrons. The number of nitrogen functional groups attached to an aromatic ring is 1. The molecular weight excluding hydrogens is 1930 g/mol. The molecule has 0 spiro atoms. The summed E-state index contributed by atoms with van der Waals surface area (Å²) in [5, 5.41) is 95.2. The molecule has 2 atom stereocenters. The Hall–Kier alpha value is -15.4. The molecule has 46 heteroatoms. The van der Waals surface area contributed by atoms with Gasteiger partial charge in [0, 0.05) is 122 Å². The van der Waals surface area contributed by atoms with Crippen LogP contribution >= 0.6 is 34.8 Å². The zero-order valence-corrected chi connectivity index (χ0v) is 86.7. The maximum absolute atomic E-state index is 9.66. The lowest BCUT2D eigenvalue weighted by Crippen LogP contribution is -2.30. The van der Waals surface area contributed by atoms with Crippen molar-refractivity contribution in [2.24, 2.45) is 25.9 Å². The molecule has 6 aromatic carbocycles. The molecule has 18 rings (SSSR count). The second kappa shape index (κ2) is 53.0. The van der Waals surface area contributed by atoms with Crippen molar-refractivity contribution < 1.29 is 30.6 Å². The Morgan fingerprint density at radius 3 is 0.973 bits per heavy atom. The highest BCUT2D eigenvalue weighted by Gasteiger charge is 2.25. The number of aliphatic hydroxyl groups is 6. The molecule has 147 heavy (non-hydrogen) atoms. The second-order valence-corrected chi connectivity index (χ2v) is 37.1. The van der Waals surface area contributed by atoms with Gasteiger partial charge in [-0.25, -0.2) is 29.9 Å². The van der Waals surface area contributed by atoms with E-state index in [4.69, 9.17) is 61.0 Å². The summed E-state index contributed by atoms with van der Waals surface area (Å²) in [6, 6.07) is 50.9. The Balaban J connectivity index is 0.000000148. The molecule has 43 nitrogen and oxygen atoms in total. The van der Waals surface area contributed by atoms with Crippen LogP contribution in [0, 0.1) is 11.8 Å². The molecule has 18 aromatic rings. The Labute approximate surface area is 865 Å². The maximum Gasteiger partial charge on any atom is 0.227 e. The number of hydrogen-bond donors (Lipinski definition) is 19. The summed E-state index contributed by atoms with van der Waals surface area (Å²) < 4.78 is 11.7. The smallest absolute Gasteiger partial charge is 0.227 e. The lowest BCUT2D eigenvalue weighted by Gasteiger charge is -2.20. The first-order valence-corrected chi connectivity index (χ1v) is 49.3. The van der Waals surface area contributed by atoms with E-state index in [9.17, 15) is 10.2 Å². The molecule has 0 amide bonds. The predicted molar refractivity (Wildman–Crippen MR) is 586 cm³/mol. The number of aromatic nitrogens is 24. The van der Waals surface area contributed by atoms with Crippen LogP contribution in [0.3, 0.4) is 0 Å². The van der Waals surface area contributed by atoms with Crippen LogP contribution in [0.4, 0.5) is 93.3 Å². The van der Waals surface area contributed by atoms with Crippen molar-refractivity contribution in [1.82, 2.24) is 117 Å². The SMILES string of the molecule is CC(C)[C@H](CO)Nc1nc(Nc2cc(N)cc(Cl)c2)c2ncn(C(C)C)c2n1.CC(C)[C@H](CO)Nc1nc(Nc2cccc(Cl)c2)c2ncn(C(C)C)c2n1.CC(C)n1cnc2c(NCc3ccccc3)nc(NCCO)nc21.CC(C)n1cnc2c(Nc3cccc(Cl)c3)nc(NCCO)nc21.Cn1cnc2c(NCc3ccccc3)nc(NCCO)nc21.Cn1cnc2nc(NCCO)nc(NCc3ccccc3)c21. The van der Waals surface area contributed by atoms with Crippen molar-refractivity contribution in [3.8, 4) is 0 Å². The van der Waals surface area contributed by atoms with E-state index in [1.165, 1.54) is 5.56 Å². The van der Waals surface area contributed by atoms with E-state index in [2.05, 4.69) is 245 Å². The molecule has 12 aromatic heterocycles. The number of halogens is 3. The van der Waals surface area contributed by atoms with Crippen LogP contribution in [0.15, 0.2) is 196 Å². The van der Waals surface area contributed by atoms with E-state index < -0.39 is 0 Å². The normalized spacial score (nSPS) is 11.7. The molecule has 0 aliphatic carbocycles. The number of hydrogen-bond acceptors (Lipinski definition) is 37. The first-order chi connectivity index (χ1) is 71.0. The Morgan fingerprint density at radius 2 is 0.612 bits per heavy atom. The Morgan fingerprint density at radius 1 is 0.299 bits per heavy atom. The molecule has 0 unspecified atom stereocenters. The fourth-order valence-corrected chi connectivity index (χ4v) is 15.4. The first kappa shape index (κ1) is 109. The number of nitrogens with one attached hydrogen (secondary N) is 12. The van der Waals surface area contributed by atoms with Gasteiger partial charge in [0.15, 0.2) is 96.4 Å². The fourth-order valence-electron chi connectivity index (χ4n) is 14.7. The third kappa shape index (κ3) is 29.7. The van der Waals surface area contributed by atoms with Gasteiger partial charge in [-0.1, -0.05) is 166 Å². The maximum atomic E-state index is 9.66. The molecule has 12 heterocycles. The highest BCUT2D eigenvalue weighted by molar-refractivity contribution is 6.31. The van der Waals surface area contributed by atoms with Gasteiger partial charge in [-0.2, -0.15) is 59.8 Å². The summed E-state index contributed by atoms with van der Waals surface area (Å²) in [4.78, 5) is 80.7. The zero-order chi connectivity index (χ0) is 105. The number of nitrogens with two attached hydrogens (primary N) is 1. The number of fused-ring (bicyclic) bond motifs is 6. The largest absolute Gasteiger partial charge is 0.399 e. The summed E-state index contributed by atoms with van der Waals surface area (Å²) in [5.74, 6) is 6.93. The van der Waals surface area contributed by atoms with Gasteiger partial charge in [0.25, 0.3) is 0 Å². The van der Waals surface area contributed by atoms with Crippen LogP contribution in [-0.4, -0.2) is 226 Å². The first-order valence-electron chi connectivity index (χ1n) is 48.2. The van der Waals surface area contributed by atoms with E-state index in [-0.39, 0.29) is 87.7 Å². The molecule has 0 aliphatic heterocycles. The summed E-state index contributed by atoms with van der Waals surface area (Å²) in [6.45, 7) is 28.3. The van der Waals surface area contributed by atoms with Crippen LogP contribution in [0.25, 0.3) is 67.0 Å². The summed E-state index contributed by atoms with van der Waals surface area (Å²) in [5.41, 5.74) is 20.9. The van der Waals surface area contributed by atoms with Crippen LogP contribution in [-0.2, 0) is 33.7 Å². The van der Waals surface area contributed by atoms with Gasteiger partial charge in [-0.05, 0) is 139 Å². The van der Waals surface area contributed by atoms with Crippen LogP contribution < -0.4 is 69.5 Å². The van der Waals surface area contributed by atoms with Gasteiger partial charge in [0.1, 0.15) is 5.52 Å². The molecule has 20 N–H and O–H groups in total. The van der Waals surface area contributed by atoms with Crippen molar-refractivity contribution in [3.63, 3.8) is 0 Å². The van der Waals surface area contributed by atoms with Crippen LogP contribution in [0.1, 0.15) is 124 Å². The van der Waals surface area contributed by atoms with E-state index in [1.807, 2.05) is 172 Å². The predicted octanol–water partition coefficient (Wildman–Crippen LogP) is 16.4. The average molecular weight is 2060 g/mol. The second-order valence-electron chi connectivity index (χ2n) is 35.7. The number of imidazole rings is 6. The summed E-state index contributed by atoms with van der Waals surface area (Å²) in [7, 11) is 3.80. The van der Waals surface area contributed by atoms with Crippen molar-refractivity contribution in [2.75, 3.05) is 135 Å². The third-order valence-electron chi connectivity index (χ3n) is 22.5. The topological polar surface area (TPSA) is 553 Å². The number of anilines is 16. The minimum absolute atomic E-state index is 0.000435. The van der Waals surface area contributed by atoms with Crippen molar-refractivity contribution >= 4 is 195 Å². The lowest BCUT2D eigenvalue weighted by molar-refractivity contribution is 0.248. The van der Waals surface area contributed by atoms with Crippen molar-refractivity contribution in [1.29, 1.82) is 0 Å². The van der Waals surface area contributed by atoms with Gasteiger partial charge < -0.3 is 128 Å². The number of rotatable bonds is 39. The quantitative estimate of drug-likeness (QED) is 0.0159. The van der Waals surface area contributed by atoms with Crippen LogP contribution in [0.5, 0.6) is 0 Å². The molecule has 0 bridgehead atoms. The Bertz CT molecular complexity index is 7230. The molecule has 0 fully saturated rings. The number of aliphatic hydroxyl groups excluding tert-OH is 6. The van der Waals surface area contributed by atoms with E-state index in [1.54, 1.807) is 56.2 Å². The zero-order valence-electron chi connectivity index (χ0n) is 84.4. The number of aryl methyl sites for hydroxylation is 2. The molecule has 0 saturated heterocycles. The van der Waals surface area contributed by atoms with Crippen LogP contribution in [0.2, 0.25) is 15.1 Å². The van der Waals surface area contributed by atoms with E-state index in [0.717, 1.165) is 61.6 Å². The van der Waals surface area contributed by atoms with Gasteiger partial charge >= 0.3 is 0 Å². The highest BCUT2D eigenvalue weighted by Crippen LogP contribution is 2.35. The summed E-state index contributed by atoms with van der Waals surface area (Å²) in [6.07, 6.45) is 10.5. The Kier molecular flexibility index (Phi) is 39.2. The minimum Gasteiger partial charge on any atom is -0.399 e. The highest BCUT2D eigenvalue weighted by atomic mass is 35.5. The van der Waals surface area contributed by atoms with Gasteiger partial charge in [-0.15, -0.1) is 0 Å². The van der Waals surface area contributed by atoms with Gasteiger partial charge in [0.05, 0.1) is 89.7 Å². The molecular formula is C101H128Cl3N37O6. The fraction of sp³-hybridized carbons (Fsp3) is 0.347. The lowest BCUT2D eigenvalue weighted by atomic mass is 10.1. The standard InChI is InChI=1S/C19H26ClN7O.C19H25ClN6O.C17H22N6O.C16H19ClN6O.2C15H18N6O/c1-10(2)15(8-28)24-19-25-17(23-14-6-12(20)5-13(21)7-14)16-18(26-19)27(9-22-16)11(3)4;1-11(2)15(9-27)23-19-24-17(22-14-7-5-6-13(20)8-14)16-18(25-19)26(10-21-16)12(3)4;1-12(2)23-11-20-14-15(19-10-13-6-4-3-5-7-13)21-17(18-8-9-24)22-16(14)23;1-10(2)23-9-19-13-14(20-12-5-3-4-11(17)8-12)21-16(18-6-7-24)22-15(13)23;1-21-10-18-14-12(21)13(19-15(20-14)16-7-8-22)17-9-11-5-3-2-4-6-11;1-21-10-18-12-13(17-9-11-5-3-2-4-6-11)19-15(16-7-8-22)20-14(12)21/h5-7,9-11,15,28H,8,21H2,1-4H3,(H2,23,24,25,26);5-8,10-12,15,27H,9H2,1-4H3,(H2,22,23,24,25);3-7,11-12,24H,8-10H2,1-2H3,(H2,18,19,21,22);3-5,8-10,24H,6-7H2,1-2H3,(H2,18,20,21,22);2*2-6,10,22H,7-9H2,1H3,(H2,16,17,19,20)/t2*15-;;;;/m00..../s1. The number of benzene rings is 6.